The van der Waals surface area contributed by atoms with E-state index in [0.29, 0.717) is 26.4 Å². The maximum atomic E-state index is 13.8. The highest BCUT2D eigenvalue weighted by atomic mass is 31.1. The van der Waals surface area contributed by atoms with E-state index < -0.39 is 25.1 Å². The Morgan fingerprint density at radius 3 is 1.22 bits per heavy atom. The van der Waals surface area contributed by atoms with Crippen LogP contribution in [0, 0.1) is 0 Å². The lowest BCUT2D eigenvalue weighted by Crippen LogP contribution is -2.51. The van der Waals surface area contributed by atoms with Crippen LogP contribution in [0.2, 0.25) is 0 Å². The zero-order chi connectivity index (χ0) is 30.6. The standard InChI is InChI=1S/C34H66O6P/c1-7-11-15-19-23-27-37-33(41(36)32(35)31(5)6)34(38-28-24-20-16-12-8-2,39-29-25-21-17-13-9-3)40-30-26-22-18-14-10-4/h33H,5,7-30H2,1-4,6H3/q+1. The topological polar surface area (TPSA) is 71.1 Å². The molecule has 0 N–H and O–H groups in total. The normalized spacial score (nSPS) is 13.0. The van der Waals surface area contributed by atoms with Gasteiger partial charge in [0.2, 0.25) is 0 Å². The molecule has 0 fully saturated rings. The first kappa shape index (κ1) is 40.4. The smallest absolute Gasteiger partial charge is 0.328 e. The molecule has 6 nitrogen and oxygen atoms in total. The van der Waals surface area contributed by atoms with E-state index >= 15 is 0 Å². The van der Waals surface area contributed by atoms with E-state index in [1.807, 2.05) is 0 Å². The number of rotatable bonds is 32. The Morgan fingerprint density at radius 1 is 0.585 bits per heavy atom. The SMILES string of the molecule is C=C(C)C(=O)[P+](=O)C(OCCCCCCC)C(OCCCCCCC)(OCCCCCCC)OCCCCCCC. The molecule has 0 radical (unpaired) electrons. The summed E-state index contributed by atoms with van der Waals surface area (Å²) in [7, 11) is -2.54. The maximum absolute atomic E-state index is 13.8. The molecule has 0 spiro atoms. The van der Waals surface area contributed by atoms with E-state index in [9.17, 15) is 9.36 Å². The van der Waals surface area contributed by atoms with Crippen LogP contribution in [-0.4, -0.2) is 43.8 Å². The van der Waals surface area contributed by atoms with Gasteiger partial charge in [0.15, 0.2) is 0 Å². The molecule has 7 heteroatoms. The summed E-state index contributed by atoms with van der Waals surface area (Å²) in [6, 6.07) is 0. The molecule has 0 bridgehead atoms. The van der Waals surface area contributed by atoms with Crippen LogP contribution in [0.3, 0.4) is 0 Å². The molecule has 242 valence electrons. The molecule has 0 aromatic carbocycles. The first-order valence-electron chi connectivity index (χ1n) is 17.1. The van der Waals surface area contributed by atoms with E-state index in [0.717, 1.165) is 83.5 Å². The molecule has 0 aliphatic heterocycles. The molecule has 0 rings (SSSR count). The molecule has 2 unspecified atom stereocenters. The molecule has 0 heterocycles. The maximum Gasteiger partial charge on any atom is 0.460 e. The molecule has 2 atom stereocenters. The summed E-state index contributed by atoms with van der Waals surface area (Å²) in [4.78, 5) is 13.0. The number of unbranched alkanes of at least 4 members (excludes halogenated alkanes) is 16. The predicted molar refractivity (Wildman–Crippen MR) is 173 cm³/mol. The van der Waals surface area contributed by atoms with Crippen LogP contribution in [0.5, 0.6) is 0 Å². The van der Waals surface area contributed by atoms with Gasteiger partial charge < -0.3 is 18.9 Å². The molecular formula is C34H66O6P+. The second kappa shape index (κ2) is 28.1. The molecule has 0 aliphatic rings. The lowest BCUT2D eigenvalue weighted by Gasteiger charge is -2.34. The number of hydrogen-bond acceptors (Lipinski definition) is 6. The van der Waals surface area contributed by atoms with Crippen LogP contribution in [0.1, 0.15) is 163 Å². The third-order valence-electron chi connectivity index (χ3n) is 7.26. The van der Waals surface area contributed by atoms with Gasteiger partial charge in [0.25, 0.3) is 0 Å². The van der Waals surface area contributed by atoms with E-state index in [1.54, 1.807) is 6.92 Å². The van der Waals surface area contributed by atoms with Crippen molar-refractivity contribution in [1.29, 1.82) is 0 Å². The molecule has 41 heavy (non-hydrogen) atoms. The molecular weight excluding hydrogens is 535 g/mol. The van der Waals surface area contributed by atoms with Gasteiger partial charge in [-0.15, -0.1) is 0 Å². The summed E-state index contributed by atoms with van der Waals surface area (Å²) in [6.07, 6.45) is 21.5. The van der Waals surface area contributed by atoms with Gasteiger partial charge in [0.05, 0.1) is 26.4 Å². The highest BCUT2D eigenvalue weighted by Gasteiger charge is 2.59. The van der Waals surface area contributed by atoms with Gasteiger partial charge >= 0.3 is 25.1 Å². The fraction of sp³-hybridized carbons (Fsp3) is 0.912. The van der Waals surface area contributed by atoms with Gasteiger partial charge in [0.1, 0.15) is 0 Å². The van der Waals surface area contributed by atoms with Crippen LogP contribution in [0.15, 0.2) is 12.2 Å². The molecule has 0 aromatic rings. The Kier molecular flexibility index (Phi) is 27.7. The van der Waals surface area contributed by atoms with Crippen LogP contribution in [0.25, 0.3) is 0 Å². The van der Waals surface area contributed by atoms with Crippen molar-refractivity contribution < 1.29 is 28.3 Å². The molecule has 0 saturated heterocycles. The first-order valence-corrected chi connectivity index (χ1v) is 18.4. The highest BCUT2D eigenvalue weighted by Crippen LogP contribution is 2.43. The minimum Gasteiger partial charge on any atom is -0.328 e. The monoisotopic (exact) mass is 601 g/mol. The van der Waals surface area contributed by atoms with Gasteiger partial charge in [-0.1, -0.05) is 142 Å². The Bertz CT molecular complexity index is 612. The number of hydrogen-bond donors (Lipinski definition) is 0. The van der Waals surface area contributed by atoms with Gasteiger partial charge in [-0.3, -0.25) is 0 Å². The average Bonchev–Trinajstić information content (AvgIpc) is 2.97. The Labute approximate surface area is 254 Å². The number of allylic oxidation sites excluding steroid dienone is 1. The van der Waals surface area contributed by atoms with Crippen molar-refractivity contribution in [3.8, 4) is 0 Å². The molecule has 0 amide bonds. The summed E-state index contributed by atoms with van der Waals surface area (Å²) in [6.45, 7) is 15.7. The van der Waals surface area contributed by atoms with Crippen LogP contribution < -0.4 is 0 Å². The third-order valence-corrected chi connectivity index (χ3v) is 8.93. The van der Waals surface area contributed by atoms with Gasteiger partial charge in [0, 0.05) is 5.57 Å². The van der Waals surface area contributed by atoms with Crippen molar-refractivity contribution in [2.24, 2.45) is 0 Å². The molecule has 0 aromatic heterocycles. The van der Waals surface area contributed by atoms with Gasteiger partial charge in [-0.2, -0.15) is 0 Å². The van der Waals surface area contributed by atoms with E-state index in [-0.39, 0.29) is 5.57 Å². The Balaban J connectivity index is 5.95. The quantitative estimate of drug-likeness (QED) is 0.0330. The average molecular weight is 602 g/mol. The molecule has 0 saturated carbocycles. The fourth-order valence-electron chi connectivity index (χ4n) is 4.61. The Hall–Kier alpha value is -0.650. The van der Waals surface area contributed by atoms with Crippen molar-refractivity contribution in [3.05, 3.63) is 12.2 Å². The number of carbonyl (C=O) groups is 1. The van der Waals surface area contributed by atoms with E-state index in [1.165, 1.54) is 44.9 Å². The number of carbonyl (C=O) groups excluding carboxylic acids is 1. The largest absolute Gasteiger partial charge is 0.460 e. The number of ether oxygens (including phenoxy) is 4. The lowest BCUT2D eigenvalue weighted by molar-refractivity contribution is -0.404. The second-order valence-electron chi connectivity index (χ2n) is 11.4. The summed E-state index contributed by atoms with van der Waals surface area (Å²) >= 11 is 0. The van der Waals surface area contributed by atoms with Gasteiger partial charge in [-0.25, -0.2) is 4.79 Å². The fourth-order valence-corrected chi connectivity index (χ4v) is 5.95. The predicted octanol–water partition coefficient (Wildman–Crippen LogP) is 10.8. The van der Waals surface area contributed by atoms with Crippen molar-refractivity contribution in [2.75, 3.05) is 26.4 Å². The van der Waals surface area contributed by atoms with Crippen molar-refractivity contribution in [2.45, 2.75) is 175 Å². The van der Waals surface area contributed by atoms with E-state index in [2.05, 4.69) is 34.3 Å². The van der Waals surface area contributed by atoms with Gasteiger partial charge in [-0.05, 0) is 32.6 Å². The molecule has 0 aliphatic carbocycles. The highest BCUT2D eigenvalue weighted by molar-refractivity contribution is 7.65. The zero-order valence-corrected chi connectivity index (χ0v) is 28.5. The summed E-state index contributed by atoms with van der Waals surface area (Å²) in [5.41, 5.74) is -0.264. The second-order valence-corrected chi connectivity index (χ2v) is 13.0. The van der Waals surface area contributed by atoms with E-state index in [4.69, 9.17) is 18.9 Å². The first-order chi connectivity index (χ1) is 19.9. The van der Waals surface area contributed by atoms with Crippen molar-refractivity contribution in [1.82, 2.24) is 0 Å². The van der Waals surface area contributed by atoms with Crippen molar-refractivity contribution >= 4 is 13.3 Å². The lowest BCUT2D eigenvalue weighted by atomic mass is 10.1. The van der Waals surface area contributed by atoms with Crippen LogP contribution >= 0.6 is 7.80 Å². The Morgan fingerprint density at radius 2 is 0.902 bits per heavy atom. The summed E-state index contributed by atoms with van der Waals surface area (Å²) in [5.74, 6) is -2.82. The van der Waals surface area contributed by atoms with Crippen LogP contribution in [0.4, 0.5) is 0 Å². The third kappa shape index (κ3) is 20.0. The summed E-state index contributed by atoms with van der Waals surface area (Å²) < 4.78 is 39.4. The van der Waals surface area contributed by atoms with Crippen molar-refractivity contribution in [3.63, 3.8) is 0 Å². The minimum absolute atomic E-state index is 0.246. The summed E-state index contributed by atoms with van der Waals surface area (Å²) in [5, 5.41) is 0. The van der Waals surface area contributed by atoms with Crippen LogP contribution in [-0.2, 0) is 28.3 Å². The minimum atomic E-state index is -2.54. The zero-order valence-electron chi connectivity index (χ0n) is 27.7.